The molecule has 120 valence electrons. The molecule has 0 aliphatic heterocycles. The van der Waals surface area contributed by atoms with Gasteiger partial charge in [0.05, 0.1) is 5.52 Å². The lowest BCUT2D eigenvalue weighted by molar-refractivity contribution is 0.590. The molecule has 0 radical (unpaired) electrons. The first-order chi connectivity index (χ1) is 10.6. The molecule has 0 unspecified atom stereocenters. The van der Waals surface area contributed by atoms with Gasteiger partial charge >= 0.3 is 0 Å². The summed E-state index contributed by atoms with van der Waals surface area (Å²) in [6.45, 7) is 13.4. The zero-order chi connectivity index (χ0) is 17.0. The standard InChI is InChI=1S/C21H24ClN/c1-20(2,3)13-7-9-15-16(11-13)17-12-14(21(4,5)6)8-10-18(17)23-19(15)22/h7-12H,1-6H3. The number of hydrogen-bond donors (Lipinski definition) is 0. The van der Waals surface area contributed by atoms with E-state index in [4.69, 9.17) is 11.6 Å². The highest BCUT2D eigenvalue weighted by Gasteiger charge is 2.18. The predicted octanol–water partition coefficient (Wildman–Crippen LogP) is 6.64. The van der Waals surface area contributed by atoms with Crippen molar-refractivity contribution in [2.75, 3.05) is 0 Å². The molecule has 0 bridgehead atoms. The largest absolute Gasteiger partial charge is 0.235 e. The van der Waals surface area contributed by atoms with Crippen LogP contribution >= 0.6 is 11.6 Å². The molecular formula is C21H24ClN. The van der Waals surface area contributed by atoms with Crippen molar-refractivity contribution in [3.05, 3.63) is 52.7 Å². The highest BCUT2D eigenvalue weighted by atomic mass is 35.5. The average molecular weight is 326 g/mol. The summed E-state index contributed by atoms with van der Waals surface area (Å²) in [5.74, 6) is 0. The fourth-order valence-corrected chi connectivity index (χ4v) is 3.15. The van der Waals surface area contributed by atoms with E-state index in [-0.39, 0.29) is 10.8 Å². The molecule has 0 atom stereocenters. The van der Waals surface area contributed by atoms with Crippen LogP contribution in [-0.4, -0.2) is 4.98 Å². The first-order valence-electron chi connectivity index (χ1n) is 8.11. The van der Waals surface area contributed by atoms with Crippen molar-refractivity contribution >= 4 is 33.3 Å². The second-order valence-corrected chi connectivity index (χ2v) is 8.75. The molecule has 0 spiro atoms. The zero-order valence-corrected chi connectivity index (χ0v) is 15.5. The Morgan fingerprint density at radius 2 is 1.22 bits per heavy atom. The molecule has 1 heterocycles. The van der Waals surface area contributed by atoms with Gasteiger partial charge in [0.2, 0.25) is 0 Å². The second-order valence-electron chi connectivity index (χ2n) is 8.39. The molecule has 3 aromatic rings. The number of aromatic nitrogens is 1. The molecular weight excluding hydrogens is 302 g/mol. The third kappa shape index (κ3) is 2.95. The maximum Gasteiger partial charge on any atom is 0.137 e. The summed E-state index contributed by atoms with van der Waals surface area (Å²) in [5, 5.41) is 3.98. The van der Waals surface area contributed by atoms with Crippen molar-refractivity contribution in [1.82, 2.24) is 4.98 Å². The van der Waals surface area contributed by atoms with Gasteiger partial charge in [-0.3, -0.25) is 0 Å². The van der Waals surface area contributed by atoms with Gasteiger partial charge in [-0.2, -0.15) is 0 Å². The summed E-state index contributed by atoms with van der Waals surface area (Å²) in [6.07, 6.45) is 0. The average Bonchev–Trinajstić information content (AvgIpc) is 2.44. The Balaban J connectivity index is 2.42. The van der Waals surface area contributed by atoms with E-state index in [1.807, 2.05) is 0 Å². The Morgan fingerprint density at radius 1 is 0.696 bits per heavy atom. The smallest absolute Gasteiger partial charge is 0.137 e. The van der Waals surface area contributed by atoms with E-state index in [2.05, 4.69) is 82.9 Å². The maximum absolute atomic E-state index is 6.42. The van der Waals surface area contributed by atoms with Gasteiger partial charge in [-0.15, -0.1) is 0 Å². The fourth-order valence-electron chi connectivity index (χ4n) is 2.90. The third-order valence-electron chi connectivity index (χ3n) is 4.48. The van der Waals surface area contributed by atoms with Crippen molar-refractivity contribution in [2.45, 2.75) is 52.4 Å². The molecule has 0 aliphatic carbocycles. The van der Waals surface area contributed by atoms with E-state index in [0.29, 0.717) is 5.15 Å². The number of benzene rings is 2. The van der Waals surface area contributed by atoms with Gasteiger partial charge in [0, 0.05) is 10.8 Å². The first kappa shape index (κ1) is 16.3. The SMILES string of the molecule is CC(C)(C)c1ccc2nc(Cl)c3ccc(C(C)(C)C)cc3c2c1. The van der Waals surface area contributed by atoms with Gasteiger partial charge in [0.25, 0.3) is 0 Å². The molecule has 0 saturated heterocycles. The van der Waals surface area contributed by atoms with E-state index < -0.39 is 0 Å². The number of halogens is 1. The van der Waals surface area contributed by atoms with Crippen molar-refractivity contribution in [3.63, 3.8) is 0 Å². The van der Waals surface area contributed by atoms with Crippen LogP contribution in [-0.2, 0) is 10.8 Å². The second kappa shape index (κ2) is 5.21. The Hall–Kier alpha value is -1.60. The highest BCUT2D eigenvalue weighted by molar-refractivity contribution is 6.35. The van der Waals surface area contributed by atoms with Gasteiger partial charge in [0.15, 0.2) is 0 Å². The van der Waals surface area contributed by atoms with Gasteiger partial charge in [-0.25, -0.2) is 4.98 Å². The molecule has 0 saturated carbocycles. The third-order valence-corrected chi connectivity index (χ3v) is 4.77. The van der Waals surface area contributed by atoms with Crippen molar-refractivity contribution in [1.29, 1.82) is 0 Å². The lowest BCUT2D eigenvalue weighted by atomic mass is 9.84. The quantitative estimate of drug-likeness (QED) is 0.333. The molecule has 2 aromatic carbocycles. The van der Waals surface area contributed by atoms with Crippen LogP contribution in [0.25, 0.3) is 21.7 Å². The molecule has 1 aromatic heterocycles. The zero-order valence-electron chi connectivity index (χ0n) is 14.8. The predicted molar refractivity (Wildman–Crippen MR) is 102 cm³/mol. The Kier molecular flexibility index (Phi) is 3.68. The highest BCUT2D eigenvalue weighted by Crippen LogP contribution is 2.35. The van der Waals surface area contributed by atoms with Gasteiger partial charge in [-0.05, 0) is 45.5 Å². The van der Waals surface area contributed by atoms with E-state index in [0.717, 1.165) is 10.9 Å². The normalized spacial score (nSPS) is 13.0. The first-order valence-corrected chi connectivity index (χ1v) is 8.49. The van der Waals surface area contributed by atoms with Crippen LogP contribution in [0, 0.1) is 0 Å². The van der Waals surface area contributed by atoms with Crippen LogP contribution in [0.1, 0.15) is 52.7 Å². The summed E-state index contributed by atoms with van der Waals surface area (Å²) < 4.78 is 0. The minimum absolute atomic E-state index is 0.109. The van der Waals surface area contributed by atoms with Gasteiger partial charge < -0.3 is 0 Å². The molecule has 0 aliphatic rings. The Morgan fingerprint density at radius 3 is 1.78 bits per heavy atom. The summed E-state index contributed by atoms with van der Waals surface area (Å²) in [7, 11) is 0. The van der Waals surface area contributed by atoms with Crippen molar-refractivity contribution < 1.29 is 0 Å². The molecule has 1 nitrogen and oxygen atoms in total. The van der Waals surface area contributed by atoms with Crippen LogP contribution in [0.4, 0.5) is 0 Å². The summed E-state index contributed by atoms with van der Waals surface area (Å²) in [6, 6.07) is 13.1. The number of pyridine rings is 1. The lowest BCUT2D eigenvalue weighted by Crippen LogP contribution is -2.11. The van der Waals surface area contributed by atoms with Crippen molar-refractivity contribution in [3.8, 4) is 0 Å². The number of nitrogens with zero attached hydrogens (tertiary/aromatic N) is 1. The molecule has 0 amide bonds. The Bertz CT molecular complexity index is 895. The molecule has 2 heteroatoms. The van der Waals surface area contributed by atoms with Crippen LogP contribution in [0.2, 0.25) is 5.15 Å². The van der Waals surface area contributed by atoms with E-state index in [1.54, 1.807) is 0 Å². The van der Waals surface area contributed by atoms with Crippen LogP contribution in [0.5, 0.6) is 0 Å². The summed E-state index contributed by atoms with van der Waals surface area (Å²) >= 11 is 6.42. The van der Waals surface area contributed by atoms with Gasteiger partial charge in [0.1, 0.15) is 5.15 Å². The maximum atomic E-state index is 6.42. The minimum Gasteiger partial charge on any atom is -0.235 e. The number of rotatable bonds is 0. The number of fused-ring (bicyclic) bond motifs is 3. The monoisotopic (exact) mass is 325 g/mol. The lowest BCUT2D eigenvalue weighted by Gasteiger charge is -2.21. The summed E-state index contributed by atoms with van der Waals surface area (Å²) in [5.41, 5.74) is 3.81. The molecule has 0 fully saturated rings. The van der Waals surface area contributed by atoms with E-state index in [9.17, 15) is 0 Å². The van der Waals surface area contributed by atoms with Crippen molar-refractivity contribution in [2.24, 2.45) is 0 Å². The Labute approximate surface area is 143 Å². The van der Waals surface area contributed by atoms with Crippen LogP contribution in [0.3, 0.4) is 0 Å². The minimum atomic E-state index is 0.109. The topological polar surface area (TPSA) is 12.9 Å². The van der Waals surface area contributed by atoms with Crippen LogP contribution in [0.15, 0.2) is 36.4 Å². The fraction of sp³-hybridized carbons (Fsp3) is 0.381. The summed E-state index contributed by atoms with van der Waals surface area (Å²) in [4.78, 5) is 4.58. The number of hydrogen-bond acceptors (Lipinski definition) is 1. The van der Waals surface area contributed by atoms with E-state index >= 15 is 0 Å². The van der Waals surface area contributed by atoms with Crippen LogP contribution < -0.4 is 0 Å². The van der Waals surface area contributed by atoms with E-state index in [1.165, 1.54) is 21.9 Å². The molecule has 23 heavy (non-hydrogen) atoms. The molecule has 3 rings (SSSR count). The van der Waals surface area contributed by atoms with Gasteiger partial charge in [-0.1, -0.05) is 71.3 Å². The molecule has 0 N–H and O–H groups in total.